The Morgan fingerprint density at radius 1 is 1.32 bits per heavy atom. The average molecular weight is 401 g/mol. The van der Waals surface area contributed by atoms with Gasteiger partial charge in [-0.2, -0.15) is 0 Å². The second kappa shape index (κ2) is 7.62. The van der Waals surface area contributed by atoms with Crippen molar-refractivity contribution in [2.45, 2.75) is 19.9 Å². The van der Waals surface area contributed by atoms with Crippen molar-refractivity contribution in [3.63, 3.8) is 0 Å². The molecule has 1 aliphatic carbocycles. The summed E-state index contributed by atoms with van der Waals surface area (Å²) in [7, 11) is 1.60. The van der Waals surface area contributed by atoms with Crippen LogP contribution in [0.2, 0.25) is 0 Å². The van der Waals surface area contributed by atoms with E-state index in [2.05, 4.69) is 27.8 Å². The minimum Gasteiger partial charge on any atom is -0.481 e. The Morgan fingerprint density at radius 3 is 2.75 bits per heavy atom. The average Bonchev–Trinajstić information content (AvgIpc) is 3.00. The van der Waals surface area contributed by atoms with Gasteiger partial charge in [0, 0.05) is 42.4 Å². The Labute approximate surface area is 169 Å². The van der Waals surface area contributed by atoms with Gasteiger partial charge < -0.3 is 14.5 Å². The van der Waals surface area contributed by atoms with E-state index < -0.39 is 0 Å². The van der Waals surface area contributed by atoms with Crippen LogP contribution < -0.4 is 4.74 Å². The molecule has 0 aromatic carbocycles. The van der Waals surface area contributed by atoms with Crippen molar-refractivity contribution < 1.29 is 9.13 Å². The number of halogens is 1. The molecule has 5 nitrogen and oxygen atoms in total. The first-order valence-corrected chi connectivity index (χ1v) is 10.7. The summed E-state index contributed by atoms with van der Waals surface area (Å²) in [4.78, 5) is 13.6. The number of amidine groups is 1. The van der Waals surface area contributed by atoms with Gasteiger partial charge in [0.05, 0.1) is 25.0 Å². The van der Waals surface area contributed by atoms with Crippen molar-refractivity contribution in [3.05, 3.63) is 53.8 Å². The van der Waals surface area contributed by atoms with Gasteiger partial charge in [-0.3, -0.25) is 0 Å². The number of aliphatic imine (C=N–C) groups is 1. The summed E-state index contributed by atoms with van der Waals surface area (Å²) in [5, 5.41) is 0.984. The largest absolute Gasteiger partial charge is 0.481 e. The number of likely N-dealkylation sites (tertiary alicyclic amines) is 1. The molecule has 0 radical (unpaired) electrons. The third-order valence-electron chi connectivity index (χ3n) is 5.64. The van der Waals surface area contributed by atoms with E-state index in [9.17, 15) is 4.39 Å². The standard InChI is InChI=1S/C21H25FN4OS/c1-13-9-17-14(2)18(22)6-7-19(17)26(13)16-11-25(12-16)21(28-4)24-15-5-8-20(27-3)23-10-15/h5-10,14,16-17H,11-12H2,1-4H3/b24-21+. The van der Waals surface area contributed by atoms with Gasteiger partial charge in [-0.15, -0.1) is 0 Å². The number of pyridine rings is 1. The number of hydrogen-bond acceptors (Lipinski definition) is 5. The van der Waals surface area contributed by atoms with E-state index >= 15 is 0 Å². The molecule has 0 spiro atoms. The molecule has 3 heterocycles. The van der Waals surface area contributed by atoms with E-state index in [1.807, 2.05) is 31.4 Å². The number of allylic oxidation sites excluding steroid dienone is 5. The van der Waals surface area contributed by atoms with Gasteiger partial charge in [-0.25, -0.2) is 14.4 Å². The van der Waals surface area contributed by atoms with Crippen molar-refractivity contribution in [2.75, 3.05) is 26.5 Å². The lowest BCUT2D eigenvalue weighted by atomic mass is 9.87. The number of hydrogen-bond donors (Lipinski definition) is 0. The molecule has 0 bridgehead atoms. The van der Waals surface area contributed by atoms with Crippen LogP contribution in [0.4, 0.5) is 10.1 Å². The molecule has 4 rings (SSSR count). The van der Waals surface area contributed by atoms with Gasteiger partial charge in [0.2, 0.25) is 5.88 Å². The highest BCUT2D eigenvalue weighted by atomic mass is 32.2. The second-order valence-corrected chi connectivity index (χ2v) is 8.13. The molecule has 0 saturated carbocycles. The minimum absolute atomic E-state index is 0.0280. The first kappa shape index (κ1) is 19.1. The van der Waals surface area contributed by atoms with Gasteiger partial charge in [0.25, 0.3) is 0 Å². The van der Waals surface area contributed by atoms with Gasteiger partial charge in [0.15, 0.2) is 5.17 Å². The molecule has 2 atom stereocenters. The molecule has 2 aliphatic heterocycles. The minimum atomic E-state index is -0.0815. The number of ether oxygens (including phenoxy) is 1. The summed E-state index contributed by atoms with van der Waals surface area (Å²) in [6.45, 7) is 5.89. The fourth-order valence-corrected chi connectivity index (χ4v) is 4.66. The van der Waals surface area contributed by atoms with Gasteiger partial charge >= 0.3 is 0 Å². The zero-order valence-electron chi connectivity index (χ0n) is 16.6. The second-order valence-electron chi connectivity index (χ2n) is 7.35. The first-order chi connectivity index (χ1) is 13.5. The maximum atomic E-state index is 14.0. The lowest BCUT2D eigenvalue weighted by Crippen LogP contribution is -2.59. The number of nitrogens with zero attached hydrogens (tertiary/aromatic N) is 4. The van der Waals surface area contributed by atoms with Gasteiger partial charge in [0.1, 0.15) is 5.83 Å². The van der Waals surface area contributed by atoms with Crippen LogP contribution in [0.25, 0.3) is 0 Å². The summed E-state index contributed by atoms with van der Waals surface area (Å²) >= 11 is 1.64. The maximum absolute atomic E-state index is 14.0. The van der Waals surface area contributed by atoms with Crippen molar-refractivity contribution in [1.29, 1.82) is 0 Å². The maximum Gasteiger partial charge on any atom is 0.213 e. The highest BCUT2D eigenvalue weighted by molar-refractivity contribution is 8.13. The summed E-state index contributed by atoms with van der Waals surface area (Å²) in [6, 6.07) is 4.12. The van der Waals surface area contributed by atoms with Crippen LogP contribution in [0.3, 0.4) is 0 Å². The summed E-state index contributed by atoms with van der Waals surface area (Å²) in [5.41, 5.74) is 3.26. The molecule has 1 fully saturated rings. The molecule has 28 heavy (non-hydrogen) atoms. The van der Waals surface area contributed by atoms with Crippen LogP contribution in [0.15, 0.2) is 58.8 Å². The SMILES string of the molecule is COc1ccc(/N=C(/SC)N2CC(N3C(C)=CC4C3=CC=C(F)C4C)C2)cn1. The predicted octanol–water partition coefficient (Wildman–Crippen LogP) is 4.35. The van der Waals surface area contributed by atoms with Crippen LogP contribution in [-0.2, 0) is 0 Å². The Kier molecular flexibility index (Phi) is 5.19. The Morgan fingerprint density at radius 2 is 2.11 bits per heavy atom. The van der Waals surface area contributed by atoms with Crippen LogP contribution in [0.5, 0.6) is 5.88 Å². The smallest absolute Gasteiger partial charge is 0.213 e. The molecule has 1 aromatic rings. The molecular formula is C21H25FN4OS. The van der Waals surface area contributed by atoms with Crippen molar-refractivity contribution >= 4 is 22.6 Å². The fraction of sp³-hybridized carbons (Fsp3) is 0.429. The summed E-state index contributed by atoms with van der Waals surface area (Å²) < 4.78 is 19.1. The van der Waals surface area contributed by atoms with E-state index in [1.165, 1.54) is 11.4 Å². The van der Waals surface area contributed by atoms with E-state index in [-0.39, 0.29) is 17.7 Å². The summed E-state index contributed by atoms with van der Waals surface area (Å²) in [5.74, 6) is 0.625. The van der Waals surface area contributed by atoms with Crippen LogP contribution in [-0.4, -0.2) is 52.4 Å². The van der Waals surface area contributed by atoms with Crippen LogP contribution in [0, 0.1) is 11.8 Å². The molecule has 1 saturated heterocycles. The van der Waals surface area contributed by atoms with Gasteiger partial charge in [-0.05, 0) is 31.4 Å². The Balaban J connectivity index is 1.46. The fourth-order valence-electron chi connectivity index (χ4n) is 4.06. The predicted molar refractivity (Wildman–Crippen MR) is 112 cm³/mol. The normalized spacial score (nSPS) is 25.0. The van der Waals surface area contributed by atoms with Crippen molar-refractivity contribution in [3.8, 4) is 5.88 Å². The van der Waals surface area contributed by atoms with E-state index in [4.69, 9.17) is 9.73 Å². The van der Waals surface area contributed by atoms with Crippen LogP contribution >= 0.6 is 11.8 Å². The highest BCUT2D eigenvalue weighted by Gasteiger charge is 2.42. The zero-order chi connectivity index (χ0) is 19.8. The molecule has 7 heteroatoms. The Bertz CT molecular complexity index is 871. The van der Waals surface area contributed by atoms with E-state index in [0.29, 0.717) is 11.9 Å². The number of methoxy groups -OCH3 is 1. The van der Waals surface area contributed by atoms with Crippen molar-refractivity contribution in [1.82, 2.24) is 14.8 Å². The molecule has 1 aromatic heterocycles. The molecule has 148 valence electrons. The summed E-state index contributed by atoms with van der Waals surface area (Å²) in [6.07, 6.45) is 9.54. The number of fused-ring (bicyclic) bond motifs is 1. The third kappa shape index (κ3) is 3.32. The Hall–Kier alpha value is -2.28. The number of rotatable bonds is 3. The molecule has 2 unspecified atom stereocenters. The van der Waals surface area contributed by atoms with Crippen molar-refractivity contribution in [2.24, 2.45) is 16.8 Å². The van der Waals surface area contributed by atoms with Gasteiger partial charge in [-0.1, -0.05) is 24.8 Å². The number of thioether (sulfide) groups is 1. The monoisotopic (exact) mass is 400 g/mol. The quantitative estimate of drug-likeness (QED) is 0.557. The topological polar surface area (TPSA) is 41.0 Å². The van der Waals surface area contributed by atoms with E-state index in [1.54, 1.807) is 31.1 Å². The molecule has 0 amide bonds. The molecule has 0 N–H and O–H groups in total. The molecular weight excluding hydrogens is 375 g/mol. The molecule has 3 aliphatic rings. The lowest BCUT2D eigenvalue weighted by molar-refractivity contribution is 0.135. The third-order valence-corrected chi connectivity index (χ3v) is 6.36. The highest BCUT2D eigenvalue weighted by Crippen LogP contribution is 2.43. The number of aromatic nitrogens is 1. The zero-order valence-corrected chi connectivity index (χ0v) is 17.4. The first-order valence-electron chi connectivity index (χ1n) is 9.44. The lowest BCUT2D eigenvalue weighted by Gasteiger charge is -2.47. The van der Waals surface area contributed by atoms with E-state index in [0.717, 1.165) is 23.9 Å². The van der Waals surface area contributed by atoms with Crippen LogP contribution in [0.1, 0.15) is 13.8 Å².